The molecular formula is C19H20ClN5O4. The van der Waals surface area contributed by atoms with Gasteiger partial charge in [-0.3, -0.25) is 19.6 Å². The zero-order valence-corrected chi connectivity index (χ0v) is 17.1. The standard InChI is InChI=1S/C19H20ClN5O4/c1-10(2)18-17(25(27)28)16(23-29-18)19(26)21-15-11(3)22-24(12(15)4)9-13-5-7-14(20)8-6-13/h5-8,10H,9H2,1-4H3,(H,21,26). The largest absolute Gasteiger partial charge is 0.353 e. The lowest BCUT2D eigenvalue weighted by Crippen LogP contribution is -2.15. The van der Waals surface area contributed by atoms with Crippen LogP contribution in [-0.4, -0.2) is 25.8 Å². The van der Waals surface area contributed by atoms with Crippen molar-refractivity contribution in [3.63, 3.8) is 0 Å². The van der Waals surface area contributed by atoms with Crippen LogP contribution in [0.5, 0.6) is 0 Å². The van der Waals surface area contributed by atoms with Gasteiger partial charge in [-0.05, 0) is 31.5 Å². The summed E-state index contributed by atoms with van der Waals surface area (Å²) in [7, 11) is 0. The summed E-state index contributed by atoms with van der Waals surface area (Å²) in [6.07, 6.45) is 0. The smallest absolute Gasteiger partial charge is 0.344 e. The van der Waals surface area contributed by atoms with Crippen molar-refractivity contribution < 1.29 is 14.2 Å². The fourth-order valence-electron chi connectivity index (χ4n) is 2.97. The van der Waals surface area contributed by atoms with Gasteiger partial charge in [-0.2, -0.15) is 5.10 Å². The molecule has 2 heterocycles. The Morgan fingerprint density at radius 2 is 1.97 bits per heavy atom. The first kappa shape index (κ1) is 20.5. The Bertz CT molecular complexity index is 1070. The number of halogens is 1. The van der Waals surface area contributed by atoms with Crippen LogP contribution in [0, 0.1) is 24.0 Å². The Morgan fingerprint density at radius 1 is 1.31 bits per heavy atom. The van der Waals surface area contributed by atoms with Crippen molar-refractivity contribution in [3.05, 3.63) is 67.8 Å². The Kier molecular flexibility index (Phi) is 5.69. The molecule has 9 nitrogen and oxygen atoms in total. The normalized spacial score (nSPS) is 11.1. The molecule has 1 amide bonds. The Labute approximate surface area is 171 Å². The molecule has 152 valence electrons. The molecular weight excluding hydrogens is 398 g/mol. The second-order valence-corrected chi connectivity index (χ2v) is 7.38. The average molecular weight is 418 g/mol. The molecule has 10 heteroatoms. The number of carbonyl (C=O) groups is 1. The Balaban J connectivity index is 1.87. The fraction of sp³-hybridized carbons (Fsp3) is 0.316. The number of amides is 1. The number of carbonyl (C=O) groups excluding carboxylic acids is 1. The van der Waals surface area contributed by atoms with E-state index in [2.05, 4.69) is 15.6 Å². The molecule has 0 saturated heterocycles. The maximum atomic E-state index is 12.7. The summed E-state index contributed by atoms with van der Waals surface area (Å²) >= 11 is 5.92. The molecule has 0 spiro atoms. The number of aryl methyl sites for hydroxylation is 1. The molecule has 0 atom stereocenters. The first-order valence-electron chi connectivity index (χ1n) is 8.92. The van der Waals surface area contributed by atoms with Gasteiger partial charge in [0.2, 0.25) is 11.5 Å². The van der Waals surface area contributed by atoms with Crippen molar-refractivity contribution in [2.24, 2.45) is 0 Å². The number of aromatic nitrogens is 3. The number of nitro groups is 1. The summed E-state index contributed by atoms with van der Waals surface area (Å²) < 4.78 is 6.79. The van der Waals surface area contributed by atoms with E-state index in [1.54, 1.807) is 37.6 Å². The highest BCUT2D eigenvalue weighted by Crippen LogP contribution is 2.31. The number of rotatable bonds is 6. The van der Waals surface area contributed by atoms with Crippen molar-refractivity contribution in [1.29, 1.82) is 0 Å². The summed E-state index contributed by atoms with van der Waals surface area (Å²) in [5, 5.41) is 22.8. The van der Waals surface area contributed by atoms with Crippen LogP contribution in [0.2, 0.25) is 5.02 Å². The number of nitrogens with zero attached hydrogens (tertiary/aromatic N) is 4. The van der Waals surface area contributed by atoms with Crippen molar-refractivity contribution >= 4 is 28.9 Å². The molecule has 0 unspecified atom stereocenters. The minimum Gasteiger partial charge on any atom is -0.353 e. The van der Waals surface area contributed by atoms with Crippen molar-refractivity contribution in [1.82, 2.24) is 14.9 Å². The van der Waals surface area contributed by atoms with Crippen LogP contribution in [0.4, 0.5) is 11.4 Å². The highest BCUT2D eigenvalue weighted by atomic mass is 35.5. The zero-order valence-electron chi connectivity index (χ0n) is 16.4. The van der Waals surface area contributed by atoms with Crippen LogP contribution < -0.4 is 5.32 Å². The van der Waals surface area contributed by atoms with Crippen LogP contribution in [0.1, 0.15) is 53.0 Å². The van der Waals surface area contributed by atoms with Gasteiger partial charge in [0.15, 0.2) is 0 Å². The van der Waals surface area contributed by atoms with Crippen LogP contribution in [0.3, 0.4) is 0 Å². The average Bonchev–Trinajstić information content (AvgIpc) is 3.21. The van der Waals surface area contributed by atoms with E-state index in [9.17, 15) is 14.9 Å². The van der Waals surface area contributed by atoms with Gasteiger partial charge in [0.05, 0.1) is 28.5 Å². The monoisotopic (exact) mass is 417 g/mol. The second kappa shape index (κ2) is 8.04. The van der Waals surface area contributed by atoms with Gasteiger partial charge in [0.25, 0.3) is 5.91 Å². The fourth-order valence-corrected chi connectivity index (χ4v) is 3.10. The van der Waals surface area contributed by atoms with Gasteiger partial charge in [0.1, 0.15) is 0 Å². The quantitative estimate of drug-likeness (QED) is 0.467. The first-order valence-corrected chi connectivity index (χ1v) is 9.30. The predicted octanol–water partition coefficient (Wildman–Crippen LogP) is 4.47. The van der Waals surface area contributed by atoms with E-state index in [4.69, 9.17) is 16.1 Å². The second-order valence-electron chi connectivity index (χ2n) is 6.94. The molecule has 3 aromatic rings. The summed E-state index contributed by atoms with van der Waals surface area (Å²) in [6, 6.07) is 7.37. The van der Waals surface area contributed by atoms with Gasteiger partial charge in [-0.25, -0.2) is 0 Å². The molecule has 1 N–H and O–H groups in total. The van der Waals surface area contributed by atoms with E-state index in [1.165, 1.54) is 0 Å². The van der Waals surface area contributed by atoms with E-state index >= 15 is 0 Å². The van der Waals surface area contributed by atoms with Gasteiger partial charge < -0.3 is 9.84 Å². The van der Waals surface area contributed by atoms with E-state index < -0.39 is 16.5 Å². The summed E-state index contributed by atoms with van der Waals surface area (Å²) in [6.45, 7) is 7.50. The third kappa shape index (κ3) is 4.14. The third-order valence-electron chi connectivity index (χ3n) is 4.48. The molecule has 3 rings (SSSR count). The summed E-state index contributed by atoms with van der Waals surface area (Å²) in [5.74, 6) is -0.938. The maximum Gasteiger partial charge on any atom is 0.344 e. The van der Waals surface area contributed by atoms with E-state index in [1.807, 2.05) is 19.1 Å². The molecule has 0 aliphatic carbocycles. The minimum absolute atomic E-state index is 0.0621. The highest BCUT2D eigenvalue weighted by Gasteiger charge is 2.33. The van der Waals surface area contributed by atoms with Gasteiger partial charge in [0, 0.05) is 10.9 Å². The summed E-state index contributed by atoms with van der Waals surface area (Å²) in [4.78, 5) is 23.5. The highest BCUT2D eigenvalue weighted by molar-refractivity contribution is 6.30. The molecule has 0 bridgehead atoms. The SMILES string of the molecule is Cc1nn(Cc2ccc(Cl)cc2)c(C)c1NC(=O)c1noc(C(C)C)c1[N+](=O)[O-]. The number of hydrogen-bond donors (Lipinski definition) is 1. The lowest BCUT2D eigenvalue weighted by molar-refractivity contribution is -0.386. The van der Waals surface area contributed by atoms with E-state index in [-0.39, 0.29) is 17.4 Å². The van der Waals surface area contributed by atoms with Crippen molar-refractivity contribution in [2.75, 3.05) is 5.32 Å². The van der Waals surface area contributed by atoms with Crippen LogP contribution in [-0.2, 0) is 6.54 Å². The van der Waals surface area contributed by atoms with Crippen LogP contribution in [0.25, 0.3) is 0 Å². The number of anilines is 1. The summed E-state index contributed by atoms with van der Waals surface area (Å²) in [5.41, 5.74) is 1.99. The number of hydrogen-bond acceptors (Lipinski definition) is 6. The number of nitrogens with one attached hydrogen (secondary N) is 1. The molecule has 2 aromatic heterocycles. The molecule has 0 aliphatic rings. The number of benzene rings is 1. The zero-order chi connectivity index (χ0) is 21.3. The Hall–Kier alpha value is -3.20. The lowest BCUT2D eigenvalue weighted by atomic mass is 10.1. The molecule has 0 aliphatic heterocycles. The van der Waals surface area contributed by atoms with Crippen LogP contribution in [0.15, 0.2) is 28.8 Å². The third-order valence-corrected chi connectivity index (χ3v) is 4.73. The van der Waals surface area contributed by atoms with E-state index in [0.717, 1.165) is 5.56 Å². The lowest BCUT2D eigenvalue weighted by Gasteiger charge is -2.06. The molecule has 0 fully saturated rings. The van der Waals surface area contributed by atoms with Crippen molar-refractivity contribution in [2.45, 2.75) is 40.2 Å². The maximum absolute atomic E-state index is 12.7. The molecule has 29 heavy (non-hydrogen) atoms. The Morgan fingerprint density at radius 3 is 2.55 bits per heavy atom. The van der Waals surface area contributed by atoms with Gasteiger partial charge >= 0.3 is 5.69 Å². The van der Waals surface area contributed by atoms with E-state index in [0.29, 0.717) is 28.6 Å². The molecule has 0 saturated carbocycles. The van der Waals surface area contributed by atoms with Crippen LogP contribution >= 0.6 is 11.6 Å². The molecule has 0 radical (unpaired) electrons. The first-order chi connectivity index (χ1) is 13.7. The van der Waals surface area contributed by atoms with Gasteiger partial charge in [-0.1, -0.05) is 42.7 Å². The van der Waals surface area contributed by atoms with Crippen molar-refractivity contribution in [3.8, 4) is 0 Å². The van der Waals surface area contributed by atoms with Gasteiger partial charge in [-0.15, -0.1) is 0 Å². The minimum atomic E-state index is -0.718. The molecule has 1 aromatic carbocycles. The predicted molar refractivity (Wildman–Crippen MR) is 107 cm³/mol. The topological polar surface area (TPSA) is 116 Å².